The first kappa shape index (κ1) is 17.5. The van der Waals surface area contributed by atoms with E-state index in [9.17, 15) is 0 Å². The maximum Gasteiger partial charge on any atom is 0.219 e. The van der Waals surface area contributed by atoms with Gasteiger partial charge in [-0.25, -0.2) is 0 Å². The summed E-state index contributed by atoms with van der Waals surface area (Å²) in [4.78, 5) is 4.32. The summed E-state index contributed by atoms with van der Waals surface area (Å²) in [7, 11) is -2.20. The molecule has 1 nitrogen and oxygen atoms in total. The minimum Gasteiger partial charge on any atom is -0.324 e. The van der Waals surface area contributed by atoms with Crippen molar-refractivity contribution in [2.45, 2.75) is 51.5 Å². The first-order chi connectivity index (χ1) is 12.8. The van der Waals surface area contributed by atoms with Gasteiger partial charge >= 0.3 is 0 Å². The molecule has 2 aliphatic rings. The van der Waals surface area contributed by atoms with Crippen LogP contribution in [0.1, 0.15) is 45.4 Å². The average Bonchev–Trinajstić information content (AvgIpc) is 3.14. The molecule has 2 heteroatoms. The molecule has 1 fully saturated rings. The van der Waals surface area contributed by atoms with Gasteiger partial charge in [0.05, 0.1) is 0 Å². The summed E-state index contributed by atoms with van der Waals surface area (Å²) in [6, 6.07) is 23.2. The van der Waals surface area contributed by atoms with E-state index in [0.717, 1.165) is 6.42 Å². The molecule has 0 bridgehead atoms. The first-order valence-corrected chi connectivity index (χ1v) is 12.1. The van der Waals surface area contributed by atoms with E-state index < -0.39 is 8.24 Å². The fourth-order valence-electron chi connectivity index (χ4n) is 4.76. The Morgan fingerprint density at radius 3 is 1.88 bits per heavy atom. The Morgan fingerprint density at radius 2 is 1.38 bits per heavy atom. The Bertz CT molecular complexity index is 746. The summed E-state index contributed by atoms with van der Waals surface area (Å²) < 4.78 is 0. The second kappa shape index (κ2) is 7.77. The highest BCUT2D eigenvalue weighted by Gasteiger charge is 2.44. The number of rotatable bonds is 5. The molecule has 0 spiro atoms. The van der Waals surface area contributed by atoms with E-state index in [1.54, 1.807) is 5.20 Å². The zero-order valence-electron chi connectivity index (χ0n) is 15.7. The normalized spacial score (nSPS) is 18.5. The van der Waals surface area contributed by atoms with E-state index in [0.29, 0.717) is 6.04 Å². The van der Waals surface area contributed by atoms with Crippen LogP contribution in [0.25, 0.3) is 0 Å². The summed E-state index contributed by atoms with van der Waals surface area (Å²) in [5.74, 6) is 0. The molecule has 0 unspecified atom stereocenters. The van der Waals surface area contributed by atoms with Crippen LogP contribution in [0.3, 0.4) is 0 Å². The number of hydrogen-bond acceptors (Lipinski definition) is 1. The van der Waals surface area contributed by atoms with E-state index in [-0.39, 0.29) is 0 Å². The predicted octanol–water partition coefficient (Wildman–Crippen LogP) is 4.48. The molecule has 2 aromatic carbocycles. The summed E-state index contributed by atoms with van der Waals surface area (Å²) in [6.07, 6.45) is 12.5. The third kappa shape index (κ3) is 3.24. The second-order valence-corrected chi connectivity index (χ2v) is 11.3. The van der Waals surface area contributed by atoms with E-state index in [4.69, 9.17) is 0 Å². The molecule has 0 heterocycles. The smallest absolute Gasteiger partial charge is 0.219 e. The molecule has 0 aromatic heterocycles. The number of benzene rings is 2. The lowest BCUT2D eigenvalue weighted by atomic mass is 9.96. The molecule has 2 aromatic rings. The van der Waals surface area contributed by atoms with E-state index in [2.05, 4.69) is 84.7 Å². The number of nitrogens with one attached hydrogen (secondary N) is 1. The summed E-state index contributed by atoms with van der Waals surface area (Å²) in [5, 5.41) is 4.63. The minimum absolute atomic E-state index is 0.636. The first-order valence-electron chi connectivity index (χ1n) is 10.1. The minimum atomic E-state index is -2.20. The topological polar surface area (TPSA) is 12.0 Å². The molecule has 1 N–H and O–H groups in total. The van der Waals surface area contributed by atoms with Gasteiger partial charge in [-0.1, -0.05) is 103 Å². The largest absolute Gasteiger partial charge is 0.324 e. The van der Waals surface area contributed by atoms with Gasteiger partial charge in [0.25, 0.3) is 0 Å². The van der Waals surface area contributed by atoms with E-state index in [1.165, 1.54) is 48.1 Å². The van der Waals surface area contributed by atoms with Gasteiger partial charge in [-0.2, -0.15) is 0 Å². The van der Waals surface area contributed by atoms with Gasteiger partial charge in [0, 0.05) is 6.04 Å². The molecular weight excluding hydrogens is 330 g/mol. The SMILES string of the molecule is CC1=C([Si](NC2CCCCC2)(c2ccccc2)c2ccccc2)CC=C1. The lowest BCUT2D eigenvalue weighted by molar-refractivity contribution is 0.416. The van der Waals surface area contributed by atoms with Crippen LogP contribution in [0.2, 0.25) is 0 Å². The monoisotopic (exact) mass is 359 g/mol. The standard InChI is InChI=1S/C24H29NSi/c1-20-12-11-19-24(20)26(22-15-7-3-8-16-22,23-17-9-4-10-18-23)25-21-13-5-2-6-14-21/h3-4,7-12,15-18,21,25H,2,5-6,13-14,19H2,1H3. The molecule has 134 valence electrons. The van der Waals surface area contributed by atoms with Crippen molar-refractivity contribution in [1.82, 2.24) is 4.98 Å². The van der Waals surface area contributed by atoms with Crippen molar-refractivity contribution in [3.63, 3.8) is 0 Å². The summed E-state index contributed by atoms with van der Waals surface area (Å²) in [5.41, 5.74) is 1.47. The van der Waals surface area contributed by atoms with Crippen LogP contribution >= 0.6 is 0 Å². The molecular formula is C24H29NSi. The van der Waals surface area contributed by atoms with Gasteiger partial charge in [-0.3, -0.25) is 0 Å². The van der Waals surface area contributed by atoms with E-state index in [1.807, 2.05) is 0 Å². The van der Waals surface area contributed by atoms with Crippen molar-refractivity contribution in [3.05, 3.63) is 83.6 Å². The quantitative estimate of drug-likeness (QED) is 0.776. The van der Waals surface area contributed by atoms with Gasteiger partial charge in [0.2, 0.25) is 8.24 Å². The van der Waals surface area contributed by atoms with Crippen LogP contribution in [-0.2, 0) is 0 Å². The highest BCUT2D eigenvalue weighted by Crippen LogP contribution is 2.29. The van der Waals surface area contributed by atoms with Crippen LogP contribution in [-0.4, -0.2) is 14.3 Å². The van der Waals surface area contributed by atoms with Crippen LogP contribution < -0.4 is 15.4 Å². The number of hydrogen-bond donors (Lipinski definition) is 1. The van der Waals surface area contributed by atoms with Crippen molar-refractivity contribution in [3.8, 4) is 0 Å². The van der Waals surface area contributed by atoms with Crippen molar-refractivity contribution in [2.75, 3.05) is 0 Å². The zero-order valence-corrected chi connectivity index (χ0v) is 16.7. The maximum absolute atomic E-state index is 4.32. The Balaban J connectivity index is 1.89. The Kier molecular flexibility index (Phi) is 5.23. The van der Waals surface area contributed by atoms with Gasteiger partial charge in [0.15, 0.2) is 0 Å². The lowest BCUT2D eigenvalue weighted by Gasteiger charge is -2.40. The Morgan fingerprint density at radius 1 is 0.808 bits per heavy atom. The highest BCUT2D eigenvalue weighted by atomic mass is 28.3. The van der Waals surface area contributed by atoms with Crippen molar-refractivity contribution >= 4 is 18.6 Å². The fourth-order valence-corrected chi connectivity index (χ4v) is 9.68. The lowest BCUT2D eigenvalue weighted by Crippen LogP contribution is -2.72. The fraction of sp³-hybridized carbons (Fsp3) is 0.333. The maximum atomic E-state index is 4.32. The Labute approximate surface area is 158 Å². The molecule has 0 saturated heterocycles. The highest BCUT2D eigenvalue weighted by molar-refractivity contribution is 7.05. The molecule has 4 rings (SSSR count). The van der Waals surface area contributed by atoms with Crippen LogP contribution in [0.5, 0.6) is 0 Å². The molecule has 0 radical (unpaired) electrons. The van der Waals surface area contributed by atoms with Crippen LogP contribution in [0.15, 0.2) is 83.6 Å². The average molecular weight is 360 g/mol. The molecule has 1 saturated carbocycles. The number of allylic oxidation sites excluding steroid dienone is 4. The van der Waals surface area contributed by atoms with Crippen molar-refractivity contribution in [1.29, 1.82) is 0 Å². The third-order valence-electron chi connectivity index (χ3n) is 6.06. The van der Waals surface area contributed by atoms with E-state index >= 15 is 0 Å². The van der Waals surface area contributed by atoms with Gasteiger partial charge in [-0.05, 0) is 36.6 Å². The summed E-state index contributed by atoms with van der Waals surface area (Å²) in [6.45, 7) is 2.30. The Hall–Kier alpha value is -1.90. The van der Waals surface area contributed by atoms with Gasteiger partial charge in [-0.15, -0.1) is 0 Å². The van der Waals surface area contributed by atoms with Crippen molar-refractivity contribution in [2.24, 2.45) is 0 Å². The molecule has 0 aliphatic heterocycles. The van der Waals surface area contributed by atoms with Gasteiger partial charge < -0.3 is 4.98 Å². The predicted molar refractivity (Wildman–Crippen MR) is 114 cm³/mol. The molecule has 2 aliphatic carbocycles. The third-order valence-corrected chi connectivity index (χ3v) is 10.8. The van der Waals surface area contributed by atoms with Gasteiger partial charge in [0.1, 0.15) is 0 Å². The summed E-state index contributed by atoms with van der Waals surface area (Å²) >= 11 is 0. The molecule has 26 heavy (non-hydrogen) atoms. The van der Waals surface area contributed by atoms with Crippen LogP contribution in [0, 0.1) is 0 Å². The molecule has 0 atom stereocenters. The molecule has 0 amide bonds. The van der Waals surface area contributed by atoms with Crippen molar-refractivity contribution < 1.29 is 0 Å². The zero-order chi connectivity index (χ0) is 17.8. The van der Waals surface area contributed by atoms with Crippen LogP contribution in [0.4, 0.5) is 0 Å². The second-order valence-electron chi connectivity index (χ2n) is 7.73.